The molecule has 0 aromatic carbocycles. The van der Waals surface area contributed by atoms with Crippen molar-refractivity contribution in [1.82, 2.24) is 9.97 Å². The third kappa shape index (κ3) is 3.78. The number of aromatic nitrogens is 2. The van der Waals surface area contributed by atoms with Crippen molar-refractivity contribution in [2.75, 3.05) is 11.9 Å². The van der Waals surface area contributed by atoms with E-state index in [1.165, 1.54) is 5.56 Å². The minimum Gasteiger partial charge on any atom is -0.370 e. The molecule has 5 heteroatoms. The molecule has 2 heterocycles. The zero-order valence-electron chi connectivity index (χ0n) is 9.61. The monoisotopic (exact) mass is 311 g/mol. The summed E-state index contributed by atoms with van der Waals surface area (Å²) in [6.45, 7) is 2.94. The van der Waals surface area contributed by atoms with Crippen molar-refractivity contribution in [2.45, 2.75) is 19.8 Å². The molecule has 0 amide bonds. The number of nitrogens with zero attached hydrogens (tertiary/aromatic N) is 2. The number of anilines is 1. The molecular weight excluding hydrogens is 298 g/mol. The van der Waals surface area contributed by atoms with Crippen molar-refractivity contribution in [2.24, 2.45) is 0 Å². The Morgan fingerprint density at radius 1 is 1.41 bits per heavy atom. The van der Waals surface area contributed by atoms with Crippen molar-refractivity contribution in [3.8, 4) is 0 Å². The van der Waals surface area contributed by atoms with E-state index in [0.717, 1.165) is 35.6 Å². The summed E-state index contributed by atoms with van der Waals surface area (Å²) in [7, 11) is 0. The Morgan fingerprint density at radius 3 is 3.00 bits per heavy atom. The van der Waals surface area contributed by atoms with Crippen LogP contribution in [0.4, 0.5) is 5.82 Å². The molecule has 2 rings (SSSR count). The van der Waals surface area contributed by atoms with E-state index in [1.54, 1.807) is 11.3 Å². The van der Waals surface area contributed by atoms with Crippen LogP contribution in [-0.4, -0.2) is 16.5 Å². The summed E-state index contributed by atoms with van der Waals surface area (Å²) < 4.78 is 0.836. The summed E-state index contributed by atoms with van der Waals surface area (Å²) in [6.07, 6.45) is 1.87. The topological polar surface area (TPSA) is 37.8 Å². The molecule has 0 spiro atoms. The van der Waals surface area contributed by atoms with Crippen molar-refractivity contribution < 1.29 is 0 Å². The van der Waals surface area contributed by atoms with Gasteiger partial charge in [0, 0.05) is 19.0 Å². The van der Waals surface area contributed by atoms with Gasteiger partial charge in [-0.25, -0.2) is 9.97 Å². The first kappa shape index (κ1) is 12.5. The zero-order valence-corrected chi connectivity index (χ0v) is 12.0. The lowest BCUT2D eigenvalue weighted by atomic mass is 10.2. The van der Waals surface area contributed by atoms with E-state index in [1.807, 2.05) is 6.07 Å². The molecule has 0 aliphatic rings. The summed E-state index contributed by atoms with van der Waals surface area (Å²) in [5, 5.41) is 7.60. The molecule has 3 nitrogen and oxygen atoms in total. The van der Waals surface area contributed by atoms with Gasteiger partial charge in [0.1, 0.15) is 16.2 Å². The largest absolute Gasteiger partial charge is 0.370 e. The van der Waals surface area contributed by atoms with Crippen LogP contribution in [0.2, 0.25) is 0 Å². The smallest absolute Gasteiger partial charge is 0.131 e. The molecule has 0 saturated heterocycles. The Morgan fingerprint density at radius 2 is 2.29 bits per heavy atom. The summed E-state index contributed by atoms with van der Waals surface area (Å²) in [4.78, 5) is 8.70. The maximum absolute atomic E-state index is 4.42. The fourth-order valence-corrected chi connectivity index (χ4v) is 2.61. The van der Waals surface area contributed by atoms with Crippen molar-refractivity contribution in [3.05, 3.63) is 38.9 Å². The van der Waals surface area contributed by atoms with Gasteiger partial charge in [0.05, 0.1) is 0 Å². The van der Waals surface area contributed by atoms with Crippen LogP contribution < -0.4 is 5.32 Å². The van der Waals surface area contributed by atoms with Gasteiger partial charge in [-0.15, -0.1) is 0 Å². The van der Waals surface area contributed by atoms with Gasteiger partial charge in [0.15, 0.2) is 0 Å². The highest BCUT2D eigenvalue weighted by atomic mass is 79.9. The van der Waals surface area contributed by atoms with Gasteiger partial charge in [-0.05, 0) is 44.7 Å². The van der Waals surface area contributed by atoms with Gasteiger partial charge in [-0.1, -0.05) is 6.92 Å². The molecule has 90 valence electrons. The lowest BCUT2D eigenvalue weighted by Crippen LogP contribution is -2.07. The molecule has 0 radical (unpaired) electrons. The van der Waals surface area contributed by atoms with Gasteiger partial charge in [0.2, 0.25) is 0 Å². The van der Waals surface area contributed by atoms with Crippen LogP contribution in [0.1, 0.15) is 18.3 Å². The quantitative estimate of drug-likeness (QED) is 0.859. The van der Waals surface area contributed by atoms with E-state index in [4.69, 9.17) is 0 Å². The van der Waals surface area contributed by atoms with Crippen molar-refractivity contribution >= 4 is 33.1 Å². The standard InChI is InChI=1S/C12H14BrN3S/c1-2-11-15-10(13)7-12(16-11)14-5-3-9-4-6-17-8-9/h4,6-8H,2-3,5H2,1H3,(H,14,15,16). The molecule has 0 bridgehead atoms. The normalized spacial score (nSPS) is 10.5. The molecule has 0 atom stereocenters. The molecule has 17 heavy (non-hydrogen) atoms. The van der Waals surface area contributed by atoms with Crippen LogP contribution in [0.25, 0.3) is 0 Å². The number of rotatable bonds is 5. The van der Waals surface area contributed by atoms with Gasteiger partial charge >= 0.3 is 0 Å². The number of thiophene rings is 1. The minimum absolute atomic E-state index is 0.836. The molecule has 1 N–H and O–H groups in total. The summed E-state index contributed by atoms with van der Waals surface area (Å²) >= 11 is 5.13. The lowest BCUT2D eigenvalue weighted by Gasteiger charge is -2.06. The Balaban J connectivity index is 1.92. The van der Waals surface area contributed by atoms with Crippen LogP contribution in [0, 0.1) is 0 Å². The number of aryl methyl sites for hydroxylation is 1. The maximum atomic E-state index is 4.42. The van der Waals surface area contributed by atoms with Crippen LogP contribution in [0.5, 0.6) is 0 Å². The second kappa shape index (κ2) is 6.12. The van der Waals surface area contributed by atoms with Crippen LogP contribution in [-0.2, 0) is 12.8 Å². The first-order valence-electron chi connectivity index (χ1n) is 5.56. The van der Waals surface area contributed by atoms with Crippen molar-refractivity contribution in [1.29, 1.82) is 0 Å². The fraction of sp³-hybridized carbons (Fsp3) is 0.333. The minimum atomic E-state index is 0.836. The van der Waals surface area contributed by atoms with Gasteiger partial charge in [-0.2, -0.15) is 11.3 Å². The second-order valence-corrected chi connectivity index (χ2v) is 5.25. The number of hydrogen-bond donors (Lipinski definition) is 1. The Bertz CT molecular complexity index is 471. The highest BCUT2D eigenvalue weighted by molar-refractivity contribution is 9.10. The molecule has 0 fully saturated rings. The van der Waals surface area contributed by atoms with E-state index in [-0.39, 0.29) is 0 Å². The van der Waals surface area contributed by atoms with E-state index in [9.17, 15) is 0 Å². The SMILES string of the molecule is CCc1nc(Br)cc(NCCc2ccsc2)n1. The van der Waals surface area contributed by atoms with Gasteiger partial charge < -0.3 is 5.32 Å². The van der Waals surface area contributed by atoms with E-state index >= 15 is 0 Å². The number of nitrogens with one attached hydrogen (secondary N) is 1. The zero-order chi connectivity index (χ0) is 12.1. The Kier molecular flexibility index (Phi) is 4.50. The number of hydrogen-bond acceptors (Lipinski definition) is 4. The first-order valence-corrected chi connectivity index (χ1v) is 7.30. The van der Waals surface area contributed by atoms with E-state index < -0.39 is 0 Å². The van der Waals surface area contributed by atoms with Gasteiger partial charge in [-0.3, -0.25) is 0 Å². The predicted octanol–water partition coefficient (Wildman–Crippen LogP) is 3.52. The van der Waals surface area contributed by atoms with Gasteiger partial charge in [0.25, 0.3) is 0 Å². The second-order valence-electron chi connectivity index (χ2n) is 3.65. The molecule has 2 aromatic heterocycles. The maximum Gasteiger partial charge on any atom is 0.131 e. The summed E-state index contributed by atoms with van der Waals surface area (Å²) in [5.41, 5.74) is 1.37. The average Bonchev–Trinajstić information content (AvgIpc) is 2.81. The Hall–Kier alpha value is -0.940. The molecular formula is C12H14BrN3S. The highest BCUT2D eigenvalue weighted by Crippen LogP contribution is 2.13. The average molecular weight is 312 g/mol. The number of halogens is 1. The third-order valence-corrected chi connectivity index (χ3v) is 3.50. The van der Waals surface area contributed by atoms with Crippen LogP contribution >= 0.6 is 27.3 Å². The van der Waals surface area contributed by atoms with Crippen LogP contribution in [0.3, 0.4) is 0 Å². The predicted molar refractivity (Wildman–Crippen MR) is 75.6 cm³/mol. The molecule has 0 unspecified atom stereocenters. The highest BCUT2D eigenvalue weighted by Gasteiger charge is 2.01. The Labute approximate surface area is 113 Å². The molecule has 0 aliphatic heterocycles. The van der Waals surface area contributed by atoms with E-state index in [2.05, 4.69) is 55.0 Å². The molecule has 2 aromatic rings. The first-order chi connectivity index (χ1) is 8.28. The lowest BCUT2D eigenvalue weighted by molar-refractivity contribution is 0.916. The third-order valence-electron chi connectivity index (χ3n) is 2.36. The molecule has 0 aliphatic carbocycles. The fourth-order valence-electron chi connectivity index (χ4n) is 1.48. The van der Waals surface area contributed by atoms with Crippen molar-refractivity contribution in [3.63, 3.8) is 0 Å². The summed E-state index contributed by atoms with van der Waals surface area (Å²) in [6, 6.07) is 4.06. The summed E-state index contributed by atoms with van der Waals surface area (Å²) in [5.74, 6) is 1.75. The van der Waals surface area contributed by atoms with Crippen LogP contribution in [0.15, 0.2) is 27.5 Å². The molecule has 0 saturated carbocycles. The van der Waals surface area contributed by atoms with E-state index in [0.29, 0.717) is 0 Å².